The second-order valence-electron chi connectivity index (χ2n) is 3.98. The third-order valence-electron chi connectivity index (χ3n) is 2.43. The summed E-state index contributed by atoms with van der Waals surface area (Å²) in [6.07, 6.45) is 2.68. The Morgan fingerprint density at radius 2 is 2.33 bits per heavy atom. The molecule has 1 atom stereocenters. The molecule has 0 spiro atoms. The summed E-state index contributed by atoms with van der Waals surface area (Å²) in [4.78, 5) is 19.2. The predicted molar refractivity (Wildman–Crippen MR) is 72.5 cm³/mol. The summed E-state index contributed by atoms with van der Waals surface area (Å²) in [5.74, 6) is 0.585. The van der Waals surface area contributed by atoms with Crippen molar-refractivity contribution in [2.75, 3.05) is 17.6 Å². The average molecular weight is 272 g/mol. The summed E-state index contributed by atoms with van der Waals surface area (Å²) >= 11 is 5.87. The van der Waals surface area contributed by atoms with Crippen LogP contribution in [0.15, 0.2) is 6.20 Å². The molecule has 0 radical (unpaired) electrons. The first-order chi connectivity index (χ1) is 8.52. The Kier molecular flexibility index (Phi) is 5.64. The molecule has 1 aromatic rings. The molecule has 1 amide bonds. The molecule has 1 rings (SSSR count). The molecular weight excluding hydrogens is 254 g/mol. The van der Waals surface area contributed by atoms with Gasteiger partial charge in [0.1, 0.15) is 10.8 Å². The van der Waals surface area contributed by atoms with Crippen LogP contribution in [0, 0.1) is 0 Å². The quantitative estimate of drug-likeness (QED) is 0.728. The van der Waals surface area contributed by atoms with E-state index in [1.807, 2.05) is 13.8 Å². The monoisotopic (exact) mass is 271 g/mol. The Morgan fingerprint density at radius 3 is 3.00 bits per heavy atom. The molecule has 1 unspecified atom stereocenters. The van der Waals surface area contributed by atoms with Gasteiger partial charge in [-0.1, -0.05) is 18.5 Å². The van der Waals surface area contributed by atoms with Crippen molar-refractivity contribution in [3.8, 4) is 0 Å². The predicted octanol–water partition coefficient (Wildman–Crippen LogP) is 1.43. The molecule has 1 heterocycles. The summed E-state index contributed by atoms with van der Waals surface area (Å²) in [7, 11) is 0. The number of carbonyl (C=O) groups excluding carboxylic acids is 1. The van der Waals surface area contributed by atoms with E-state index in [-0.39, 0.29) is 17.9 Å². The number of hydrogen-bond acceptors (Lipinski definition) is 5. The van der Waals surface area contributed by atoms with Gasteiger partial charge < -0.3 is 16.4 Å². The molecule has 0 aliphatic heterocycles. The van der Waals surface area contributed by atoms with E-state index in [0.29, 0.717) is 23.8 Å². The van der Waals surface area contributed by atoms with Crippen molar-refractivity contribution in [2.45, 2.75) is 32.7 Å². The summed E-state index contributed by atoms with van der Waals surface area (Å²) in [5, 5.41) is 6.21. The van der Waals surface area contributed by atoms with Crippen molar-refractivity contribution < 1.29 is 4.79 Å². The van der Waals surface area contributed by atoms with Crippen LogP contribution in [0.1, 0.15) is 26.7 Å². The molecule has 100 valence electrons. The van der Waals surface area contributed by atoms with Gasteiger partial charge >= 0.3 is 0 Å². The maximum Gasteiger partial charge on any atom is 0.222 e. The zero-order valence-corrected chi connectivity index (χ0v) is 11.3. The first-order valence-electron chi connectivity index (χ1n) is 5.84. The van der Waals surface area contributed by atoms with Gasteiger partial charge in [-0.3, -0.25) is 4.79 Å². The van der Waals surface area contributed by atoms with Gasteiger partial charge in [-0.05, 0) is 13.3 Å². The van der Waals surface area contributed by atoms with E-state index in [1.54, 1.807) is 0 Å². The highest BCUT2D eigenvalue weighted by molar-refractivity contribution is 6.32. The van der Waals surface area contributed by atoms with Crippen LogP contribution in [0.3, 0.4) is 0 Å². The molecule has 7 heteroatoms. The first kappa shape index (κ1) is 14.5. The lowest BCUT2D eigenvalue weighted by atomic mass is 10.2. The number of nitrogen functional groups attached to an aromatic ring is 1. The molecule has 0 aliphatic carbocycles. The molecule has 18 heavy (non-hydrogen) atoms. The Balaban J connectivity index is 2.37. The SMILES string of the molecule is CCC(C)NC(=O)CCNc1nc(N)ncc1Cl. The second-order valence-corrected chi connectivity index (χ2v) is 4.39. The van der Waals surface area contributed by atoms with E-state index in [0.717, 1.165) is 6.42 Å². The Labute approximate surface area is 111 Å². The first-order valence-corrected chi connectivity index (χ1v) is 6.22. The van der Waals surface area contributed by atoms with E-state index in [1.165, 1.54) is 6.20 Å². The summed E-state index contributed by atoms with van der Waals surface area (Å²) in [6.45, 7) is 4.43. The maximum atomic E-state index is 11.5. The number of amides is 1. The van der Waals surface area contributed by atoms with Crippen LogP contribution in [-0.4, -0.2) is 28.5 Å². The highest BCUT2D eigenvalue weighted by Gasteiger charge is 2.07. The van der Waals surface area contributed by atoms with Gasteiger partial charge in [0.25, 0.3) is 0 Å². The standard InChI is InChI=1S/C11H18ClN5O/c1-3-7(2)16-9(18)4-5-14-10-8(12)6-15-11(13)17-10/h6-7H,3-5H2,1-2H3,(H,16,18)(H3,13,14,15,17). The smallest absolute Gasteiger partial charge is 0.222 e. The molecule has 4 N–H and O–H groups in total. The molecule has 0 fully saturated rings. The molecule has 0 saturated heterocycles. The zero-order chi connectivity index (χ0) is 13.5. The molecule has 6 nitrogen and oxygen atoms in total. The van der Waals surface area contributed by atoms with Crippen LogP contribution in [0.2, 0.25) is 5.02 Å². The van der Waals surface area contributed by atoms with E-state index >= 15 is 0 Å². The van der Waals surface area contributed by atoms with Gasteiger partial charge in [-0.25, -0.2) is 4.98 Å². The third kappa shape index (κ3) is 4.75. The van der Waals surface area contributed by atoms with Crippen LogP contribution in [-0.2, 0) is 4.79 Å². The van der Waals surface area contributed by atoms with Crippen molar-refractivity contribution in [3.63, 3.8) is 0 Å². The lowest BCUT2D eigenvalue weighted by molar-refractivity contribution is -0.121. The van der Waals surface area contributed by atoms with Gasteiger partial charge in [0.2, 0.25) is 11.9 Å². The minimum Gasteiger partial charge on any atom is -0.368 e. The second kappa shape index (κ2) is 7.00. The lowest BCUT2D eigenvalue weighted by Crippen LogP contribution is -2.33. The summed E-state index contributed by atoms with van der Waals surface area (Å²) in [5.41, 5.74) is 5.44. The number of carbonyl (C=O) groups is 1. The van der Waals surface area contributed by atoms with Crippen molar-refractivity contribution >= 4 is 29.3 Å². The van der Waals surface area contributed by atoms with E-state index < -0.39 is 0 Å². The molecule has 1 aromatic heterocycles. The maximum absolute atomic E-state index is 11.5. The Bertz CT molecular complexity index is 412. The van der Waals surface area contributed by atoms with E-state index in [4.69, 9.17) is 17.3 Å². The third-order valence-corrected chi connectivity index (χ3v) is 2.70. The van der Waals surface area contributed by atoms with Crippen LogP contribution < -0.4 is 16.4 Å². The van der Waals surface area contributed by atoms with Gasteiger partial charge in [0.05, 0.1) is 6.20 Å². The van der Waals surface area contributed by atoms with E-state index in [2.05, 4.69) is 20.6 Å². The fourth-order valence-electron chi connectivity index (χ4n) is 1.25. The van der Waals surface area contributed by atoms with Crippen LogP contribution in [0.25, 0.3) is 0 Å². The van der Waals surface area contributed by atoms with Gasteiger partial charge in [-0.15, -0.1) is 0 Å². The van der Waals surface area contributed by atoms with Crippen LogP contribution in [0.4, 0.5) is 11.8 Å². The van der Waals surface area contributed by atoms with E-state index in [9.17, 15) is 4.79 Å². The number of nitrogens with zero attached hydrogens (tertiary/aromatic N) is 2. The Hall–Kier alpha value is -1.56. The van der Waals surface area contributed by atoms with Crippen molar-refractivity contribution in [1.82, 2.24) is 15.3 Å². The van der Waals surface area contributed by atoms with Gasteiger partial charge in [0, 0.05) is 19.0 Å². The van der Waals surface area contributed by atoms with Crippen molar-refractivity contribution in [1.29, 1.82) is 0 Å². The summed E-state index contributed by atoms with van der Waals surface area (Å²) in [6, 6.07) is 0.191. The highest BCUT2D eigenvalue weighted by Crippen LogP contribution is 2.17. The topological polar surface area (TPSA) is 92.9 Å². The minimum absolute atomic E-state index is 0.00463. The molecule has 0 aromatic carbocycles. The normalized spacial score (nSPS) is 11.9. The number of nitrogens with one attached hydrogen (secondary N) is 2. The average Bonchev–Trinajstić information content (AvgIpc) is 2.33. The number of nitrogens with two attached hydrogens (primary N) is 1. The lowest BCUT2D eigenvalue weighted by Gasteiger charge is -2.12. The Morgan fingerprint density at radius 1 is 1.61 bits per heavy atom. The van der Waals surface area contributed by atoms with Gasteiger partial charge in [-0.2, -0.15) is 4.98 Å². The highest BCUT2D eigenvalue weighted by atomic mass is 35.5. The fourth-order valence-corrected chi connectivity index (χ4v) is 1.41. The fraction of sp³-hybridized carbons (Fsp3) is 0.545. The van der Waals surface area contributed by atoms with Gasteiger partial charge in [0.15, 0.2) is 0 Å². The number of hydrogen-bond donors (Lipinski definition) is 3. The molecule has 0 aliphatic rings. The van der Waals surface area contributed by atoms with Crippen LogP contribution in [0.5, 0.6) is 0 Å². The molecule has 0 saturated carbocycles. The number of rotatable bonds is 6. The summed E-state index contributed by atoms with van der Waals surface area (Å²) < 4.78 is 0. The number of anilines is 2. The van der Waals surface area contributed by atoms with Crippen molar-refractivity contribution in [3.05, 3.63) is 11.2 Å². The molecule has 0 bridgehead atoms. The van der Waals surface area contributed by atoms with Crippen molar-refractivity contribution in [2.24, 2.45) is 0 Å². The zero-order valence-electron chi connectivity index (χ0n) is 10.5. The minimum atomic E-state index is -0.00463. The van der Waals surface area contributed by atoms with Crippen LogP contribution >= 0.6 is 11.6 Å². The number of halogens is 1. The largest absolute Gasteiger partial charge is 0.368 e. The molecular formula is C11H18ClN5O. The number of aromatic nitrogens is 2.